The monoisotopic (exact) mass is 454 g/mol. The summed E-state index contributed by atoms with van der Waals surface area (Å²) in [6.07, 6.45) is 1.43. The average molecular weight is 455 g/mol. The Bertz CT molecular complexity index is 1260. The third kappa shape index (κ3) is 4.66. The van der Waals surface area contributed by atoms with Crippen LogP contribution >= 0.6 is 23.2 Å². The molecule has 0 aliphatic rings. The molecule has 0 bridgehead atoms. The van der Waals surface area contributed by atoms with E-state index in [1.54, 1.807) is 60.7 Å². The Morgan fingerprint density at radius 2 is 1.68 bits per heavy atom. The number of rotatable bonds is 5. The smallest absolute Gasteiger partial charge is 0.291 e. The lowest BCUT2D eigenvalue weighted by atomic mass is 10.1. The molecule has 0 fully saturated rings. The Morgan fingerprint density at radius 1 is 0.871 bits per heavy atom. The van der Waals surface area contributed by atoms with Crippen molar-refractivity contribution >= 4 is 46.4 Å². The van der Waals surface area contributed by atoms with Gasteiger partial charge >= 0.3 is 0 Å². The minimum atomic E-state index is -0.420. The van der Waals surface area contributed by atoms with Crippen LogP contribution < -0.4 is 10.6 Å². The van der Waals surface area contributed by atoms with Crippen molar-refractivity contribution < 1.29 is 18.4 Å². The first-order chi connectivity index (χ1) is 14.9. The highest BCUT2D eigenvalue weighted by Crippen LogP contribution is 2.32. The maximum Gasteiger partial charge on any atom is 0.291 e. The van der Waals surface area contributed by atoms with Crippen molar-refractivity contribution in [2.24, 2.45) is 0 Å². The number of anilines is 2. The van der Waals surface area contributed by atoms with Crippen molar-refractivity contribution in [3.8, 4) is 11.3 Å². The second kappa shape index (κ2) is 8.71. The first-order valence-electron chi connectivity index (χ1n) is 9.23. The number of benzene rings is 2. The molecule has 2 amide bonds. The van der Waals surface area contributed by atoms with Crippen molar-refractivity contribution in [3.05, 3.63) is 94.1 Å². The Morgan fingerprint density at radius 3 is 2.42 bits per heavy atom. The van der Waals surface area contributed by atoms with Crippen molar-refractivity contribution in [3.63, 3.8) is 0 Å². The van der Waals surface area contributed by atoms with Gasteiger partial charge in [-0.05, 0) is 73.2 Å². The molecule has 2 N–H and O–H groups in total. The third-order valence-electron chi connectivity index (χ3n) is 4.50. The summed E-state index contributed by atoms with van der Waals surface area (Å²) in [6, 6.07) is 16.6. The zero-order chi connectivity index (χ0) is 22.0. The average Bonchev–Trinajstić information content (AvgIpc) is 3.44. The van der Waals surface area contributed by atoms with E-state index >= 15 is 0 Å². The summed E-state index contributed by atoms with van der Waals surface area (Å²) >= 11 is 12.2. The molecule has 31 heavy (non-hydrogen) atoms. The molecule has 0 aliphatic heterocycles. The van der Waals surface area contributed by atoms with Gasteiger partial charge in [0.25, 0.3) is 11.8 Å². The van der Waals surface area contributed by atoms with Gasteiger partial charge in [0.05, 0.1) is 11.3 Å². The first kappa shape index (κ1) is 20.8. The van der Waals surface area contributed by atoms with Crippen molar-refractivity contribution in [1.29, 1.82) is 0 Å². The molecule has 0 saturated carbocycles. The lowest BCUT2D eigenvalue weighted by Crippen LogP contribution is -2.13. The van der Waals surface area contributed by atoms with Crippen molar-refractivity contribution in [2.45, 2.75) is 6.92 Å². The Kier molecular flexibility index (Phi) is 5.84. The van der Waals surface area contributed by atoms with Crippen LogP contribution in [0.1, 0.15) is 26.7 Å². The number of halogens is 2. The van der Waals surface area contributed by atoms with Gasteiger partial charge < -0.3 is 19.5 Å². The minimum absolute atomic E-state index is 0.124. The van der Waals surface area contributed by atoms with Crippen LogP contribution in [-0.4, -0.2) is 11.8 Å². The molecule has 0 spiro atoms. The molecule has 0 aliphatic carbocycles. The van der Waals surface area contributed by atoms with Crippen molar-refractivity contribution in [1.82, 2.24) is 0 Å². The molecule has 4 aromatic rings. The molecule has 4 rings (SSSR count). The van der Waals surface area contributed by atoms with Crippen LogP contribution in [0.3, 0.4) is 0 Å². The number of hydrogen-bond donors (Lipinski definition) is 2. The molecule has 2 heterocycles. The van der Waals surface area contributed by atoms with Gasteiger partial charge in [0.2, 0.25) is 0 Å². The molecular formula is C23H16Cl2N2O4. The van der Waals surface area contributed by atoms with E-state index in [-0.39, 0.29) is 17.4 Å². The van der Waals surface area contributed by atoms with Gasteiger partial charge in [-0.2, -0.15) is 0 Å². The summed E-state index contributed by atoms with van der Waals surface area (Å²) in [4.78, 5) is 24.7. The predicted molar refractivity (Wildman–Crippen MR) is 120 cm³/mol. The van der Waals surface area contributed by atoms with E-state index in [0.29, 0.717) is 32.7 Å². The number of aryl methyl sites for hydroxylation is 1. The summed E-state index contributed by atoms with van der Waals surface area (Å²) in [5, 5.41) is 6.52. The van der Waals surface area contributed by atoms with Crippen LogP contribution in [0.4, 0.5) is 11.4 Å². The van der Waals surface area contributed by atoms with Gasteiger partial charge in [-0.25, -0.2) is 0 Å². The summed E-state index contributed by atoms with van der Waals surface area (Å²) in [5.74, 6) is -0.00207. The van der Waals surface area contributed by atoms with Crippen LogP contribution in [0.5, 0.6) is 0 Å². The molecule has 2 aromatic carbocycles. The van der Waals surface area contributed by atoms with Gasteiger partial charge in [0.1, 0.15) is 5.76 Å². The zero-order valence-electron chi connectivity index (χ0n) is 16.2. The Balaban J connectivity index is 1.46. The lowest BCUT2D eigenvalue weighted by Gasteiger charge is -2.10. The van der Waals surface area contributed by atoms with Gasteiger partial charge in [0.15, 0.2) is 11.5 Å². The van der Waals surface area contributed by atoms with E-state index in [9.17, 15) is 9.59 Å². The maximum absolute atomic E-state index is 12.6. The highest BCUT2D eigenvalue weighted by Gasteiger charge is 2.16. The topological polar surface area (TPSA) is 84.5 Å². The quantitative estimate of drug-likeness (QED) is 0.353. The van der Waals surface area contributed by atoms with E-state index < -0.39 is 5.91 Å². The van der Waals surface area contributed by atoms with Crippen LogP contribution in [0.15, 0.2) is 75.8 Å². The number of nitrogens with one attached hydrogen (secondary N) is 2. The molecular weight excluding hydrogens is 439 g/mol. The van der Waals surface area contributed by atoms with Gasteiger partial charge in [-0.1, -0.05) is 23.2 Å². The fourth-order valence-electron chi connectivity index (χ4n) is 2.96. The van der Waals surface area contributed by atoms with Gasteiger partial charge in [0, 0.05) is 22.0 Å². The molecule has 6 nitrogen and oxygen atoms in total. The summed E-state index contributed by atoms with van der Waals surface area (Å²) in [7, 11) is 0. The van der Waals surface area contributed by atoms with Crippen LogP contribution in [0, 0.1) is 6.92 Å². The van der Waals surface area contributed by atoms with Crippen LogP contribution in [0.25, 0.3) is 11.3 Å². The molecule has 0 radical (unpaired) electrons. The summed E-state index contributed by atoms with van der Waals surface area (Å²) in [6.45, 7) is 1.82. The zero-order valence-corrected chi connectivity index (χ0v) is 17.8. The number of furan rings is 2. The van der Waals surface area contributed by atoms with Gasteiger partial charge in [-0.3, -0.25) is 9.59 Å². The summed E-state index contributed by atoms with van der Waals surface area (Å²) < 4.78 is 10.8. The highest BCUT2D eigenvalue weighted by molar-refractivity contribution is 6.35. The maximum atomic E-state index is 12.6. The molecule has 0 atom stereocenters. The van der Waals surface area contributed by atoms with Crippen molar-refractivity contribution in [2.75, 3.05) is 10.6 Å². The Labute approximate surface area is 187 Å². The first-order valence-corrected chi connectivity index (χ1v) is 9.98. The van der Waals surface area contributed by atoms with E-state index in [2.05, 4.69) is 10.6 Å². The highest BCUT2D eigenvalue weighted by atomic mass is 35.5. The third-order valence-corrected chi connectivity index (χ3v) is 5.07. The molecule has 156 valence electrons. The number of carbonyl (C=O) groups is 2. The second-order valence-corrected chi connectivity index (χ2v) is 7.55. The second-order valence-electron chi connectivity index (χ2n) is 6.70. The van der Waals surface area contributed by atoms with E-state index in [1.165, 1.54) is 6.26 Å². The van der Waals surface area contributed by atoms with Crippen LogP contribution in [-0.2, 0) is 0 Å². The number of carbonyl (C=O) groups excluding carboxylic acids is 2. The number of hydrogen-bond acceptors (Lipinski definition) is 4. The molecule has 8 heteroatoms. The van der Waals surface area contributed by atoms with Crippen LogP contribution in [0.2, 0.25) is 10.0 Å². The SMILES string of the molecule is Cc1cc(NC(=O)c2ccc(-c3cc(Cl)ccc3Cl)o2)ccc1NC(=O)c1ccco1. The van der Waals surface area contributed by atoms with E-state index in [0.717, 1.165) is 5.56 Å². The standard InChI is InChI=1S/C23H16Cl2N2O4/c1-13-11-15(5-7-18(13)27-22(28)20-3-2-10-30-20)26-23(29)21-9-8-19(31-21)16-12-14(24)4-6-17(16)25/h2-12H,1H3,(H,26,29)(H,27,28). The van der Waals surface area contributed by atoms with Gasteiger partial charge in [-0.15, -0.1) is 0 Å². The fraction of sp³-hybridized carbons (Fsp3) is 0.0435. The number of amides is 2. The Hall–Kier alpha value is -3.48. The minimum Gasteiger partial charge on any atom is -0.459 e. The van der Waals surface area contributed by atoms with E-state index in [1.807, 2.05) is 6.92 Å². The lowest BCUT2D eigenvalue weighted by molar-refractivity contribution is 0.0989. The molecule has 0 unspecified atom stereocenters. The molecule has 0 saturated heterocycles. The molecule has 2 aromatic heterocycles. The fourth-order valence-corrected chi connectivity index (χ4v) is 3.34. The van der Waals surface area contributed by atoms with E-state index in [4.69, 9.17) is 32.0 Å². The largest absolute Gasteiger partial charge is 0.459 e. The predicted octanol–water partition coefficient (Wildman–Crippen LogP) is 6.66. The normalized spacial score (nSPS) is 10.7. The summed E-state index contributed by atoms with van der Waals surface area (Å²) in [5.41, 5.74) is 2.52.